The second-order valence-electron chi connectivity index (χ2n) is 4.28. The van der Waals surface area contributed by atoms with Gasteiger partial charge in [0.2, 0.25) is 0 Å². The lowest BCUT2D eigenvalue weighted by Crippen LogP contribution is -2.32. The third-order valence-corrected chi connectivity index (χ3v) is 2.90. The molecule has 2 rings (SSSR count). The lowest BCUT2D eigenvalue weighted by molar-refractivity contribution is -0.0992. The predicted molar refractivity (Wildman–Crippen MR) is 75.3 cm³/mol. The molecule has 21 heavy (non-hydrogen) atoms. The highest BCUT2D eigenvalue weighted by atomic mass is 16.7. The van der Waals surface area contributed by atoms with Crippen molar-refractivity contribution in [1.82, 2.24) is 9.55 Å². The molecule has 0 bridgehead atoms. The van der Waals surface area contributed by atoms with E-state index in [1.165, 1.54) is 4.57 Å². The molecular weight excluding hydrogens is 274 g/mol. The van der Waals surface area contributed by atoms with Crippen molar-refractivity contribution in [2.75, 3.05) is 31.2 Å². The first kappa shape index (κ1) is 15.1. The topological polar surface area (TPSA) is 76.8 Å². The maximum Gasteiger partial charge on any atom is 0.351 e. The van der Waals surface area contributed by atoms with Crippen LogP contribution in [0.3, 0.4) is 0 Å². The molecule has 110 valence electrons. The Morgan fingerprint density at radius 3 is 2.71 bits per heavy atom. The lowest BCUT2D eigenvalue weighted by atomic mass is 10.4. The van der Waals surface area contributed by atoms with Gasteiger partial charge in [-0.15, -0.1) is 12.8 Å². The molecule has 0 radical (unpaired) electrons. The zero-order valence-electron chi connectivity index (χ0n) is 11.3. The smallest absolute Gasteiger partial charge is 0.351 e. The second-order valence-corrected chi connectivity index (χ2v) is 4.28. The Morgan fingerprint density at radius 2 is 2.19 bits per heavy atom. The summed E-state index contributed by atoms with van der Waals surface area (Å²) in [5, 5.41) is 8.94. The highest BCUT2D eigenvalue weighted by Gasteiger charge is 2.27. The first-order valence-electron chi connectivity index (χ1n) is 6.28. The van der Waals surface area contributed by atoms with Crippen LogP contribution in [0, 0.1) is 24.7 Å². The van der Waals surface area contributed by atoms with Crippen LogP contribution in [0.25, 0.3) is 0 Å². The van der Waals surface area contributed by atoms with E-state index in [2.05, 4.69) is 16.8 Å². The zero-order chi connectivity index (χ0) is 15.2. The van der Waals surface area contributed by atoms with Gasteiger partial charge in [0.05, 0.1) is 26.3 Å². The van der Waals surface area contributed by atoms with Gasteiger partial charge in [-0.2, -0.15) is 4.98 Å². The van der Waals surface area contributed by atoms with Crippen LogP contribution in [0.15, 0.2) is 17.1 Å². The first-order chi connectivity index (χ1) is 10.2. The number of aliphatic hydroxyl groups excluding tert-OH is 1. The first-order valence-corrected chi connectivity index (χ1v) is 6.28. The summed E-state index contributed by atoms with van der Waals surface area (Å²) in [7, 11) is 0. The minimum Gasteiger partial charge on any atom is -0.391 e. The Kier molecular flexibility index (Phi) is 4.96. The second kappa shape index (κ2) is 6.91. The highest BCUT2D eigenvalue weighted by molar-refractivity contribution is 5.40. The summed E-state index contributed by atoms with van der Waals surface area (Å²) in [4.78, 5) is 17.6. The van der Waals surface area contributed by atoms with Crippen molar-refractivity contribution in [2.24, 2.45) is 0 Å². The Bertz CT molecular complexity index is 612. The van der Waals surface area contributed by atoms with Crippen LogP contribution in [0.2, 0.25) is 0 Å². The summed E-state index contributed by atoms with van der Waals surface area (Å²) in [6, 6.07) is 1.63. The van der Waals surface area contributed by atoms with Gasteiger partial charge in [0, 0.05) is 6.20 Å². The summed E-state index contributed by atoms with van der Waals surface area (Å²) in [6.07, 6.45) is 10.7. The SMILES string of the molecule is C#CCN(CC#C)c1ccn([C@@H]2CO[C@H](CO)O2)c(=O)n1. The molecule has 7 nitrogen and oxygen atoms in total. The van der Waals surface area contributed by atoms with Gasteiger partial charge in [-0.1, -0.05) is 11.8 Å². The van der Waals surface area contributed by atoms with Gasteiger partial charge in [0.25, 0.3) is 0 Å². The lowest BCUT2D eigenvalue weighted by Gasteiger charge is -2.19. The summed E-state index contributed by atoms with van der Waals surface area (Å²) in [6.45, 7) is 0.423. The average molecular weight is 289 g/mol. The molecule has 1 aromatic heterocycles. The quantitative estimate of drug-likeness (QED) is 0.714. The Balaban J connectivity index is 2.20. The van der Waals surface area contributed by atoms with E-state index in [0.717, 1.165) is 0 Å². The average Bonchev–Trinajstić information content (AvgIpc) is 2.95. The number of aliphatic hydroxyl groups is 1. The normalized spacial score (nSPS) is 20.7. The van der Waals surface area contributed by atoms with E-state index in [9.17, 15) is 4.79 Å². The van der Waals surface area contributed by atoms with Crippen molar-refractivity contribution < 1.29 is 14.6 Å². The molecule has 1 fully saturated rings. The van der Waals surface area contributed by atoms with Crippen molar-refractivity contribution in [1.29, 1.82) is 0 Å². The standard InChI is InChI=1S/C14H15N3O4/c1-3-6-16(7-4-2)11-5-8-17(14(19)15-11)12-10-20-13(9-18)21-12/h1-2,5,8,12-13,18H,6-7,9-10H2/t12-,13-/m0/s1. The summed E-state index contributed by atoms with van der Waals surface area (Å²) in [5.41, 5.74) is -0.501. The van der Waals surface area contributed by atoms with E-state index in [0.29, 0.717) is 5.82 Å². The third kappa shape index (κ3) is 3.41. The van der Waals surface area contributed by atoms with Crippen LogP contribution in [0.5, 0.6) is 0 Å². The number of hydrogen-bond donors (Lipinski definition) is 1. The predicted octanol–water partition coefficient (Wildman–Crippen LogP) is -0.820. The Morgan fingerprint density at radius 1 is 1.48 bits per heavy atom. The molecule has 0 unspecified atom stereocenters. The van der Waals surface area contributed by atoms with Crippen molar-refractivity contribution in [3.05, 3.63) is 22.7 Å². The number of hydrogen-bond acceptors (Lipinski definition) is 6. The highest BCUT2D eigenvalue weighted by Crippen LogP contribution is 2.19. The van der Waals surface area contributed by atoms with Gasteiger partial charge in [-0.3, -0.25) is 4.57 Å². The van der Waals surface area contributed by atoms with Crippen molar-refractivity contribution in [3.8, 4) is 24.7 Å². The summed E-state index contributed by atoms with van der Waals surface area (Å²) < 4.78 is 11.8. The fraction of sp³-hybridized carbons (Fsp3) is 0.429. The van der Waals surface area contributed by atoms with Gasteiger partial charge in [-0.05, 0) is 6.07 Å². The molecule has 1 saturated heterocycles. The summed E-state index contributed by atoms with van der Waals surface area (Å²) >= 11 is 0. The van der Waals surface area contributed by atoms with Crippen LogP contribution in [0.1, 0.15) is 6.23 Å². The van der Waals surface area contributed by atoms with Crippen LogP contribution in [-0.4, -0.2) is 47.3 Å². The number of rotatable bonds is 5. The fourth-order valence-corrected chi connectivity index (χ4v) is 1.92. The van der Waals surface area contributed by atoms with Crippen LogP contribution in [0.4, 0.5) is 5.82 Å². The molecule has 7 heteroatoms. The van der Waals surface area contributed by atoms with Gasteiger partial charge >= 0.3 is 5.69 Å². The van der Waals surface area contributed by atoms with Gasteiger partial charge in [0.15, 0.2) is 12.5 Å². The fourth-order valence-electron chi connectivity index (χ4n) is 1.92. The molecule has 0 aliphatic carbocycles. The number of anilines is 1. The maximum absolute atomic E-state index is 12.1. The molecule has 2 heterocycles. The molecular formula is C14H15N3O4. The zero-order valence-corrected chi connectivity index (χ0v) is 11.3. The number of ether oxygens (including phenoxy) is 2. The number of nitrogens with zero attached hydrogens (tertiary/aromatic N) is 3. The minimum absolute atomic E-state index is 0.171. The number of terminal acetylenes is 2. The minimum atomic E-state index is -0.721. The van der Waals surface area contributed by atoms with Crippen LogP contribution < -0.4 is 10.6 Å². The van der Waals surface area contributed by atoms with Crippen molar-refractivity contribution >= 4 is 5.82 Å². The van der Waals surface area contributed by atoms with Gasteiger partial charge in [-0.25, -0.2) is 4.79 Å². The Hall–Kier alpha value is -2.32. The van der Waals surface area contributed by atoms with E-state index in [-0.39, 0.29) is 26.3 Å². The van der Waals surface area contributed by atoms with Crippen molar-refractivity contribution in [2.45, 2.75) is 12.5 Å². The Labute approximate surface area is 122 Å². The van der Waals surface area contributed by atoms with E-state index < -0.39 is 18.2 Å². The van der Waals surface area contributed by atoms with Crippen molar-refractivity contribution in [3.63, 3.8) is 0 Å². The van der Waals surface area contributed by atoms with E-state index >= 15 is 0 Å². The van der Waals surface area contributed by atoms with E-state index in [4.69, 9.17) is 27.4 Å². The number of aromatic nitrogens is 2. The maximum atomic E-state index is 12.1. The van der Waals surface area contributed by atoms with Crippen LogP contribution in [-0.2, 0) is 9.47 Å². The molecule has 1 aliphatic rings. The monoisotopic (exact) mass is 289 g/mol. The molecule has 1 aliphatic heterocycles. The molecule has 0 aromatic carbocycles. The van der Waals surface area contributed by atoms with Gasteiger partial charge in [0.1, 0.15) is 5.82 Å². The third-order valence-electron chi connectivity index (χ3n) is 2.90. The molecule has 0 spiro atoms. The van der Waals surface area contributed by atoms with Crippen LogP contribution >= 0.6 is 0 Å². The van der Waals surface area contributed by atoms with Gasteiger partial charge < -0.3 is 19.5 Å². The van der Waals surface area contributed by atoms with E-state index in [1.807, 2.05) is 0 Å². The largest absolute Gasteiger partial charge is 0.391 e. The van der Waals surface area contributed by atoms with E-state index in [1.54, 1.807) is 17.2 Å². The molecule has 1 N–H and O–H groups in total. The molecule has 0 saturated carbocycles. The molecule has 1 aromatic rings. The molecule has 0 amide bonds. The summed E-state index contributed by atoms with van der Waals surface area (Å²) in [5.74, 6) is 5.33. The molecule has 2 atom stereocenters.